The molecule has 2 aromatic rings. The first-order valence-electron chi connectivity index (χ1n) is 5.70. The summed E-state index contributed by atoms with van der Waals surface area (Å²) >= 11 is 0. The molecule has 0 aliphatic carbocycles. The van der Waals surface area contributed by atoms with E-state index in [4.69, 9.17) is 5.53 Å². The van der Waals surface area contributed by atoms with Crippen molar-refractivity contribution in [1.29, 1.82) is 0 Å². The number of fused-ring (bicyclic) bond motifs is 1. The van der Waals surface area contributed by atoms with Crippen LogP contribution in [0.3, 0.4) is 0 Å². The molecule has 2 rings (SSSR count). The minimum Gasteiger partial charge on any atom is -0.352 e. The molecule has 0 atom stereocenters. The van der Waals surface area contributed by atoms with Crippen LogP contribution < -0.4 is 5.32 Å². The lowest BCUT2D eigenvalue weighted by atomic mass is 10.0. The first-order valence-corrected chi connectivity index (χ1v) is 5.70. The van der Waals surface area contributed by atoms with E-state index in [9.17, 15) is 9.18 Å². The van der Waals surface area contributed by atoms with Gasteiger partial charge in [-0.1, -0.05) is 29.4 Å². The van der Waals surface area contributed by atoms with E-state index in [0.717, 1.165) is 0 Å². The van der Waals surface area contributed by atoms with Crippen LogP contribution in [0.4, 0.5) is 4.39 Å². The number of halogens is 1. The average molecular weight is 258 g/mol. The molecule has 0 spiro atoms. The molecule has 1 N–H and O–H groups in total. The number of carbonyl (C=O) groups is 1. The van der Waals surface area contributed by atoms with Gasteiger partial charge < -0.3 is 5.32 Å². The van der Waals surface area contributed by atoms with Gasteiger partial charge in [-0.25, -0.2) is 4.39 Å². The van der Waals surface area contributed by atoms with E-state index in [1.807, 2.05) is 0 Å². The fourth-order valence-corrected chi connectivity index (χ4v) is 1.82. The fraction of sp³-hybridized carbons (Fsp3) is 0.154. The summed E-state index contributed by atoms with van der Waals surface area (Å²) in [7, 11) is 0. The van der Waals surface area contributed by atoms with Crippen molar-refractivity contribution in [3.05, 3.63) is 58.2 Å². The Hall–Kier alpha value is -2.59. The van der Waals surface area contributed by atoms with E-state index < -0.39 is 0 Å². The summed E-state index contributed by atoms with van der Waals surface area (Å²) in [5, 5.41) is 6.91. The molecule has 5 nitrogen and oxygen atoms in total. The first kappa shape index (κ1) is 12.9. The molecule has 1 amide bonds. The monoisotopic (exact) mass is 258 g/mol. The number of amides is 1. The Morgan fingerprint density at radius 3 is 2.74 bits per heavy atom. The third-order valence-corrected chi connectivity index (χ3v) is 2.68. The zero-order valence-electron chi connectivity index (χ0n) is 10.0. The Kier molecular flexibility index (Phi) is 3.95. The van der Waals surface area contributed by atoms with Crippen LogP contribution in [0, 0.1) is 5.82 Å². The lowest BCUT2D eigenvalue weighted by molar-refractivity contribution is 0.0956. The van der Waals surface area contributed by atoms with Gasteiger partial charge in [-0.3, -0.25) is 4.79 Å². The van der Waals surface area contributed by atoms with Crippen LogP contribution in [0.1, 0.15) is 10.4 Å². The SMILES string of the molecule is [N-]=[N+]=NCCNC(=O)c1ccc(F)c2ccccc12. The van der Waals surface area contributed by atoms with Gasteiger partial charge in [0.05, 0.1) is 0 Å². The minimum atomic E-state index is -0.360. The molecule has 0 heterocycles. The van der Waals surface area contributed by atoms with Crippen LogP contribution in [0.25, 0.3) is 21.2 Å². The van der Waals surface area contributed by atoms with Gasteiger partial charge in [-0.15, -0.1) is 0 Å². The van der Waals surface area contributed by atoms with Crippen LogP contribution in [0.5, 0.6) is 0 Å². The van der Waals surface area contributed by atoms with E-state index in [2.05, 4.69) is 15.3 Å². The molecule has 6 heteroatoms. The maximum Gasteiger partial charge on any atom is 0.251 e. The van der Waals surface area contributed by atoms with Gasteiger partial charge in [-0.2, -0.15) is 0 Å². The highest BCUT2D eigenvalue weighted by atomic mass is 19.1. The number of nitrogens with one attached hydrogen (secondary N) is 1. The van der Waals surface area contributed by atoms with Gasteiger partial charge in [0, 0.05) is 29.0 Å². The molecule has 0 fully saturated rings. The number of nitrogens with zero attached hydrogens (tertiary/aromatic N) is 3. The lowest BCUT2D eigenvalue weighted by Gasteiger charge is -2.07. The molecule has 0 saturated heterocycles. The highest BCUT2D eigenvalue weighted by molar-refractivity contribution is 6.07. The second kappa shape index (κ2) is 5.84. The Bertz CT molecular complexity index is 665. The van der Waals surface area contributed by atoms with Gasteiger partial charge in [0.2, 0.25) is 0 Å². The number of carbonyl (C=O) groups excluding carboxylic acids is 1. The second-order valence-electron chi connectivity index (χ2n) is 3.85. The summed E-state index contributed by atoms with van der Waals surface area (Å²) < 4.78 is 13.6. The quantitative estimate of drug-likeness (QED) is 0.389. The molecule has 0 aromatic heterocycles. The van der Waals surface area contributed by atoms with Gasteiger partial charge in [0.15, 0.2) is 0 Å². The molecular formula is C13H11FN4O. The Balaban J connectivity index is 2.27. The highest BCUT2D eigenvalue weighted by Gasteiger charge is 2.11. The van der Waals surface area contributed by atoms with Crippen molar-refractivity contribution in [2.45, 2.75) is 0 Å². The van der Waals surface area contributed by atoms with Crippen LogP contribution in [-0.4, -0.2) is 19.0 Å². The van der Waals surface area contributed by atoms with E-state index in [1.54, 1.807) is 24.3 Å². The van der Waals surface area contributed by atoms with E-state index in [1.165, 1.54) is 12.1 Å². The number of benzene rings is 2. The largest absolute Gasteiger partial charge is 0.352 e. The lowest BCUT2D eigenvalue weighted by Crippen LogP contribution is -2.26. The smallest absolute Gasteiger partial charge is 0.251 e. The maximum atomic E-state index is 13.6. The zero-order valence-corrected chi connectivity index (χ0v) is 10.0. The zero-order chi connectivity index (χ0) is 13.7. The molecular weight excluding hydrogens is 247 g/mol. The van der Waals surface area contributed by atoms with Gasteiger partial charge in [0.25, 0.3) is 5.91 Å². The average Bonchev–Trinajstić information content (AvgIpc) is 2.44. The summed E-state index contributed by atoms with van der Waals surface area (Å²) in [5.74, 6) is -0.675. The third-order valence-electron chi connectivity index (χ3n) is 2.68. The topological polar surface area (TPSA) is 77.9 Å². The first-order chi connectivity index (χ1) is 9.24. The highest BCUT2D eigenvalue weighted by Crippen LogP contribution is 2.21. The second-order valence-corrected chi connectivity index (χ2v) is 3.85. The molecule has 0 aliphatic rings. The molecule has 0 unspecified atom stereocenters. The summed E-state index contributed by atoms with van der Waals surface area (Å²) in [6.45, 7) is 0.427. The Labute approximate surface area is 108 Å². The normalized spacial score (nSPS) is 9.95. The predicted molar refractivity (Wildman–Crippen MR) is 70.3 cm³/mol. The van der Waals surface area contributed by atoms with Crippen molar-refractivity contribution in [2.24, 2.45) is 5.11 Å². The molecule has 96 valence electrons. The molecule has 0 aliphatic heterocycles. The summed E-state index contributed by atoms with van der Waals surface area (Å²) in [5.41, 5.74) is 8.53. The van der Waals surface area contributed by atoms with E-state index >= 15 is 0 Å². The van der Waals surface area contributed by atoms with E-state index in [0.29, 0.717) is 16.3 Å². The number of azide groups is 1. The Morgan fingerprint density at radius 2 is 2.00 bits per heavy atom. The summed E-state index contributed by atoms with van der Waals surface area (Å²) in [6, 6.07) is 9.50. The van der Waals surface area contributed by atoms with Crippen molar-refractivity contribution in [3.8, 4) is 0 Å². The van der Waals surface area contributed by atoms with Crippen molar-refractivity contribution in [2.75, 3.05) is 13.1 Å². The molecule has 0 saturated carbocycles. The van der Waals surface area contributed by atoms with Gasteiger partial charge in [-0.05, 0) is 23.1 Å². The standard InChI is InChI=1S/C13H11FN4O/c14-12-6-5-11(9-3-1-2-4-10(9)12)13(19)16-7-8-17-18-15/h1-6H,7-8H2,(H,16,19). The Morgan fingerprint density at radius 1 is 1.26 bits per heavy atom. The van der Waals surface area contributed by atoms with Crippen LogP contribution >= 0.6 is 0 Å². The minimum absolute atomic E-state index is 0.182. The van der Waals surface area contributed by atoms with Gasteiger partial charge in [0.1, 0.15) is 5.82 Å². The van der Waals surface area contributed by atoms with Crippen LogP contribution in [0.15, 0.2) is 41.5 Å². The molecule has 2 aromatic carbocycles. The summed E-state index contributed by atoms with van der Waals surface area (Å²) in [4.78, 5) is 14.6. The van der Waals surface area contributed by atoms with Crippen LogP contribution in [0.2, 0.25) is 0 Å². The maximum absolute atomic E-state index is 13.6. The molecule has 0 bridgehead atoms. The summed E-state index contributed by atoms with van der Waals surface area (Å²) in [6.07, 6.45) is 0. The third kappa shape index (κ3) is 2.81. The van der Waals surface area contributed by atoms with E-state index in [-0.39, 0.29) is 24.8 Å². The predicted octanol–water partition coefficient (Wildman–Crippen LogP) is 3.02. The van der Waals surface area contributed by atoms with Crippen LogP contribution in [-0.2, 0) is 0 Å². The number of rotatable bonds is 4. The van der Waals surface area contributed by atoms with Crippen molar-refractivity contribution >= 4 is 16.7 Å². The van der Waals surface area contributed by atoms with Crippen molar-refractivity contribution in [3.63, 3.8) is 0 Å². The molecule has 0 radical (unpaired) electrons. The fourth-order valence-electron chi connectivity index (χ4n) is 1.82. The number of hydrogen-bond acceptors (Lipinski definition) is 2. The van der Waals surface area contributed by atoms with Crippen molar-refractivity contribution < 1.29 is 9.18 Å². The number of hydrogen-bond donors (Lipinski definition) is 1. The molecule has 19 heavy (non-hydrogen) atoms. The van der Waals surface area contributed by atoms with Gasteiger partial charge >= 0.3 is 0 Å². The van der Waals surface area contributed by atoms with Crippen molar-refractivity contribution in [1.82, 2.24) is 5.32 Å².